The number of aromatic amines is 1. The summed E-state index contributed by atoms with van der Waals surface area (Å²) in [5.74, 6) is -0.795. The van der Waals surface area contributed by atoms with E-state index in [2.05, 4.69) is 32.2 Å². The van der Waals surface area contributed by atoms with Gasteiger partial charge in [0.1, 0.15) is 17.3 Å². The van der Waals surface area contributed by atoms with Gasteiger partial charge in [-0.05, 0) is 74.2 Å². The highest BCUT2D eigenvalue weighted by Gasteiger charge is 2.78. The van der Waals surface area contributed by atoms with Crippen LogP contribution in [0.3, 0.4) is 0 Å². The number of para-hydroxylation sites is 1. The number of methoxy groups -OCH3 is 3. The largest absolute Gasteiger partial charge is 0.496 e. The molecule has 3 aromatic rings. The van der Waals surface area contributed by atoms with Gasteiger partial charge in [0.15, 0.2) is 11.5 Å². The number of esters is 1. The third-order valence-electron chi connectivity index (χ3n) is 16.1. The molecule has 0 radical (unpaired) electrons. The van der Waals surface area contributed by atoms with Crippen molar-refractivity contribution in [2.45, 2.75) is 99.0 Å². The summed E-state index contributed by atoms with van der Waals surface area (Å²) in [6.07, 6.45) is 5.81. The van der Waals surface area contributed by atoms with E-state index in [4.69, 9.17) is 19.6 Å². The van der Waals surface area contributed by atoms with Gasteiger partial charge in [0.05, 0.1) is 33.0 Å². The van der Waals surface area contributed by atoms with Gasteiger partial charge in [0.2, 0.25) is 0 Å². The third kappa shape index (κ3) is 5.67. The maximum Gasteiger partial charge on any atom is 0.322 e. The van der Waals surface area contributed by atoms with Crippen molar-refractivity contribution in [2.24, 2.45) is 11.3 Å². The fourth-order valence-electron chi connectivity index (χ4n) is 13.6. The number of fused-ring (bicyclic) bond motifs is 6. The van der Waals surface area contributed by atoms with Gasteiger partial charge in [-0.25, -0.2) is 0 Å². The molecule has 1 saturated carbocycles. The molecule has 1 unspecified atom stereocenters. The van der Waals surface area contributed by atoms with Gasteiger partial charge in [-0.2, -0.15) is 0 Å². The molecular formula is C47H62N6O8. The van der Waals surface area contributed by atoms with Gasteiger partial charge in [-0.15, -0.1) is 0 Å². The molecule has 3 fully saturated rings. The monoisotopic (exact) mass is 838 g/mol. The summed E-state index contributed by atoms with van der Waals surface area (Å²) in [6.45, 7) is 7.37. The highest BCUT2D eigenvalue weighted by atomic mass is 16.5. The maximum atomic E-state index is 15.4. The number of amides is 1. The molecule has 1 aromatic heterocycles. The Balaban J connectivity index is 1.31. The van der Waals surface area contributed by atoms with Crippen LogP contribution < -0.4 is 15.0 Å². The third-order valence-corrected chi connectivity index (χ3v) is 16.1. The molecule has 328 valence electrons. The van der Waals surface area contributed by atoms with Gasteiger partial charge < -0.3 is 44.7 Å². The number of aliphatic hydroxyl groups excluding tert-OH is 1. The number of nitrogens with one attached hydrogen (secondary N) is 3. The van der Waals surface area contributed by atoms with Crippen molar-refractivity contribution in [3.05, 3.63) is 70.9 Å². The van der Waals surface area contributed by atoms with Crippen molar-refractivity contribution in [1.82, 2.24) is 20.1 Å². The molecule has 1 aliphatic carbocycles. The topological polar surface area (TPSA) is 184 Å². The number of hydrogen-bond donors (Lipinski definition) is 6. The zero-order valence-electron chi connectivity index (χ0n) is 36.3. The molecular weight excluding hydrogens is 777 g/mol. The molecule has 61 heavy (non-hydrogen) atoms. The van der Waals surface area contributed by atoms with Crippen LogP contribution in [0.5, 0.6) is 5.75 Å². The van der Waals surface area contributed by atoms with Crippen LogP contribution in [-0.2, 0) is 36.3 Å². The number of hydrogen-bond acceptors (Lipinski definition) is 12. The van der Waals surface area contributed by atoms with Crippen LogP contribution >= 0.6 is 0 Å². The minimum Gasteiger partial charge on any atom is -0.496 e. The molecule has 2 bridgehead atoms. The number of benzene rings is 2. The van der Waals surface area contributed by atoms with E-state index in [1.807, 2.05) is 62.2 Å². The molecule has 1 amide bonds. The SMILES string of the molecule is CC[C@]1(O)C[C@H]2CN(CCc3c([nH]c4ccccc34)[C@@](C(=O)OC)(c3cc4c(cc3OC)N(C)[C@H]3[C@@](O)(C(=O)NCCC(=N)OC)[C@H](O)[C@]5(CC)C=CCN6CC[C@]43[C@@H]65)C2)C1. The van der Waals surface area contributed by atoms with Gasteiger partial charge in [0.25, 0.3) is 5.91 Å². The summed E-state index contributed by atoms with van der Waals surface area (Å²) < 4.78 is 17.4. The Bertz CT molecular complexity index is 2300. The van der Waals surface area contributed by atoms with Crippen LogP contribution in [0.1, 0.15) is 74.8 Å². The number of anilines is 1. The molecule has 2 aromatic carbocycles. The minimum atomic E-state index is -2.31. The summed E-state index contributed by atoms with van der Waals surface area (Å²) in [5.41, 5.74) is -1.64. The lowest BCUT2D eigenvalue weighted by Gasteiger charge is -2.63. The molecule has 6 aliphatic rings. The average molecular weight is 839 g/mol. The number of ether oxygens (including phenoxy) is 3. The Morgan fingerprint density at radius 3 is 2.52 bits per heavy atom. The Labute approximate surface area is 357 Å². The first-order valence-corrected chi connectivity index (χ1v) is 22.0. The molecule has 6 N–H and O–H groups in total. The van der Waals surface area contributed by atoms with Crippen molar-refractivity contribution in [1.29, 1.82) is 5.41 Å². The summed E-state index contributed by atoms with van der Waals surface area (Å²) in [6, 6.07) is 11.0. The first-order chi connectivity index (χ1) is 29.2. The van der Waals surface area contributed by atoms with Crippen LogP contribution in [0.2, 0.25) is 0 Å². The lowest BCUT2D eigenvalue weighted by Crippen LogP contribution is -2.81. The van der Waals surface area contributed by atoms with E-state index >= 15 is 4.79 Å². The zero-order chi connectivity index (χ0) is 43.3. The number of H-pyrrole nitrogens is 1. The molecule has 2 saturated heterocycles. The molecule has 14 nitrogen and oxygen atoms in total. The number of rotatable bonds is 9. The fourth-order valence-corrected chi connectivity index (χ4v) is 13.6. The van der Waals surface area contributed by atoms with Crippen LogP contribution in [0.15, 0.2) is 48.6 Å². The second-order valence-electron chi connectivity index (χ2n) is 18.8. The van der Waals surface area contributed by atoms with E-state index < -0.39 is 51.5 Å². The summed E-state index contributed by atoms with van der Waals surface area (Å²) in [7, 11) is 6.32. The zero-order valence-corrected chi connectivity index (χ0v) is 36.3. The number of aromatic nitrogens is 1. The molecule has 9 rings (SSSR count). The second-order valence-corrected chi connectivity index (χ2v) is 18.8. The highest BCUT2D eigenvalue weighted by Crippen LogP contribution is 2.67. The summed E-state index contributed by atoms with van der Waals surface area (Å²) in [4.78, 5) is 40.5. The molecule has 10 atom stereocenters. The summed E-state index contributed by atoms with van der Waals surface area (Å²) in [5, 5.41) is 50.0. The average Bonchev–Trinajstić information content (AvgIpc) is 3.93. The lowest BCUT2D eigenvalue weighted by atomic mass is 9.47. The van der Waals surface area contributed by atoms with E-state index in [-0.39, 0.29) is 30.8 Å². The predicted octanol–water partition coefficient (Wildman–Crippen LogP) is 3.38. The van der Waals surface area contributed by atoms with E-state index in [9.17, 15) is 20.1 Å². The van der Waals surface area contributed by atoms with Crippen LogP contribution in [0.25, 0.3) is 10.9 Å². The second kappa shape index (κ2) is 14.8. The van der Waals surface area contributed by atoms with Gasteiger partial charge >= 0.3 is 5.97 Å². The molecule has 5 aliphatic heterocycles. The number of aliphatic hydroxyl groups is 3. The van der Waals surface area contributed by atoms with E-state index in [0.29, 0.717) is 82.6 Å². The van der Waals surface area contributed by atoms with Crippen molar-refractivity contribution >= 4 is 34.4 Å². The molecule has 14 heteroatoms. The summed E-state index contributed by atoms with van der Waals surface area (Å²) >= 11 is 0. The smallest absolute Gasteiger partial charge is 0.322 e. The van der Waals surface area contributed by atoms with Crippen molar-refractivity contribution in [3.8, 4) is 5.75 Å². The van der Waals surface area contributed by atoms with Crippen LogP contribution in [0, 0.1) is 16.7 Å². The van der Waals surface area contributed by atoms with E-state index in [1.165, 1.54) is 14.2 Å². The first kappa shape index (κ1) is 41.9. The number of nitrogens with zero attached hydrogens (tertiary/aromatic N) is 3. The number of piperidine rings is 1. The quantitative estimate of drug-likeness (QED) is 0.0805. The fraction of sp³-hybridized carbons (Fsp3) is 0.596. The van der Waals surface area contributed by atoms with E-state index in [0.717, 1.165) is 33.4 Å². The maximum absolute atomic E-state index is 15.4. The number of carbonyl (C=O) groups is 2. The Morgan fingerprint density at radius 1 is 1.02 bits per heavy atom. The van der Waals surface area contributed by atoms with Crippen molar-refractivity contribution in [3.63, 3.8) is 0 Å². The Kier molecular flexibility index (Phi) is 10.2. The lowest BCUT2D eigenvalue weighted by molar-refractivity contribution is -0.203. The van der Waals surface area contributed by atoms with Crippen molar-refractivity contribution in [2.75, 3.05) is 72.5 Å². The van der Waals surface area contributed by atoms with Crippen LogP contribution in [0.4, 0.5) is 5.69 Å². The minimum absolute atomic E-state index is 0.00686. The van der Waals surface area contributed by atoms with Crippen molar-refractivity contribution < 1.29 is 39.1 Å². The van der Waals surface area contributed by atoms with E-state index in [1.54, 1.807) is 7.11 Å². The number of likely N-dealkylation sites (N-methyl/N-ethyl adjacent to an activating group) is 1. The Hall–Kier alpha value is -4.47. The molecule has 6 heterocycles. The first-order valence-electron chi connectivity index (χ1n) is 22.0. The molecule has 1 spiro atoms. The Morgan fingerprint density at radius 2 is 1.80 bits per heavy atom. The van der Waals surface area contributed by atoms with Crippen LogP contribution in [-0.4, -0.2) is 145 Å². The van der Waals surface area contributed by atoms with Gasteiger partial charge in [0, 0.05) is 97.0 Å². The van der Waals surface area contributed by atoms with Gasteiger partial charge in [-0.3, -0.25) is 24.8 Å². The standard InChI is InChI=1S/C47H62N6O8/c1-7-43(57)24-28-25-46(42(56)61-6,37-30(15-20-52(26-28)27-43)29-12-9-10-13-33(29)50-37)32-22-31-34(23-35(32)59-4)51(3)39-45(31)17-21-53-19-11-16-44(8-2,38(45)53)40(54)47(39,58)41(55)49-18-14-36(48)60-5/h9-13,16,22-23,28,38-40,48,50,54,57-58H,7-8,14-15,17-21,24-27H2,1-6H3,(H,49,55)/t28-,38+,39-,40-,43+,44-,45-,46+,47+/m1/s1. The van der Waals surface area contributed by atoms with Gasteiger partial charge in [-0.1, -0.05) is 44.2 Å². The highest BCUT2D eigenvalue weighted by molar-refractivity contribution is 5.95. The number of carbonyl (C=O) groups excluding carboxylic acids is 2. The normalized spacial score (nSPS) is 36.1. The predicted molar refractivity (Wildman–Crippen MR) is 231 cm³/mol.